The topological polar surface area (TPSA) is 149 Å². The van der Waals surface area contributed by atoms with Crippen LogP contribution in [0.2, 0.25) is 0 Å². The Labute approximate surface area is 577 Å². The van der Waals surface area contributed by atoms with Crippen molar-refractivity contribution in [2.24, 2.45) is 0 Å². The number of carbonyl (C=O) groups excluding carboxylic acids is 1. The van der Waals surface area contributed by atoms with Gasteiger partial charge < -0.3 is 40.3 Å². The summed E-state index contributed by atoms with van der Waals surface area (Å²) in [5.74, 6) is -0.168. The first-order valence-corrected chi connectivity index (χ1v) is 41.4. The van der Waals surface area contributed by atoms with Crippen LogP contribution in [-0.4, -0.2) is 87.5 Å². The molecule has 1 saturated heterocycles. The molecule has 7 unspecified atom stereocenters. The molecule has 93 heavy (non-hydrogen) atoms. The van der Waals surface area contributed by atoms with Crippen LogP contribution < -0.4 is 5.32 Å². The molecule has 0 aromatic rings. The molecule has 1 aliphatic rings. The third-order valence-corrected chi connectivity index (χ3v) is 19.9. The average Bonchev–Trinajstić information content (AvgIpc) is 1.01. The fourth-order valence-corrected chi connectivity index (χ4v) is 13.5. The van der Waals surface area contributed by atoms with Crippen molar-refractivity contribution in [3.8, 4) is 0 Å². The zero-order valence-electron chi connectivity index (χ0n) is 61.8. The molecule has 1 fully saturated rings. The maximum atomic E-state index is 13.2. The van der Waals surface area contributed by atoms with Crippen molar-refractivity contribution in [1.29, 1.82) is 0 Å². The minimum atomic E-state index is -1.57. The molecule has 0 aromatic heterocycles. The van der Waals surface area contributed by atoms with E-state index in [1.54, 1.807) is 6.08 Å². The highest BCUT2D eigenvalue weighted by Gasteiger charge is 2.44. The summed E-state index contributed by atoms with van der Waals surface area (Å²) in [6.07, 6.45) is 94.1. The molecule has 1 rings (SSSR count). The van der Waals surface area contributed by atoms with Crippen LogP contribution in [-0.2, 0) is 14.3 Å². The molecule has 6 N–H and O–H groups in total. The first kappa shape index (κ1) is 89.2. The summed E-state index contributed by atoms with van der Waals surface area (Å²) in [7, 11) is 0. The Kier molecular flexibility index (Phi) is 69.9. The van der Waals surface area contributed by atoms with Gasteiger partial charge >= 0.3 is 0 Å². The molecule has 0 aliphatic carbocycles. The van der Waals surface area contributed by atoms with E-state index in [0.717, 1.165) is 51.4 Å². The van der Waals surface area contributed by atoms with Crippen LogP contribution in [0.25, 0.3) is 0 Å². The van der Waals surface area contributed by atoms with E-state index in [2.05, 4.69) is 55.6 Å². The van der Waals surface area contributed by atoms with Gasteiger partial charge in [-0.15, -0.1) is 0 Å². The van der Waals surface area contributed by atoms with Crippen LogP contribution in [0.4, 0.5) is 0 Å². The second kappa shape index (κ2) is 72.9. The lowest BCUT2D eigenvalue weighted by molar-refractivity contribution is -0.302. The van der Waals surface area contributed by atoms with Crippen molar-refractivity contribution >= 4 is 5.91 Å². The van der Waals surface area contributed by atoms with Gasteiger partial charge in [-0.2, -0.15) is 0 Å². The lowest BCUT2D eigenvalue weighted by Gasteiger charge is -2.40. The summed E-state index contributed by atoms with van der Waals surface area (Å²) in [5.41, 5.74) is 0. The molecule has 9 heteroatoms. The van der Waals surface area contributed by atoms with Crippen LogP contribution in [0.3, 0.4) is 0 Å². The lowest BCUT2D eigenvalue weighted by atomic mass is 9.99. The Bertz CT molecular complexity index is 1620. The van der Waals surface area contributed by atoms with Crippen molar-refractivity contribution < 1.29 is 39.8 Å². The van der Waals surface area contributed by atoms with E-state index in [9.17, 15) is 30.3 Å². The Morgan fingerprint density at radius 3 is 0.935 bits per heavy atom. The van der Waals surface area contributed by atoms with Gasteiger partial charge in [0.2, 0.25) is 5.91 Å². The number of aliphatic hydroxyl groups excluding tert-OH is 5. The smallest absolute Gasteiger partial charge is 0.220 e. The number of aliphatic hydroxyl groups is 5. The summed E-state index contributed by atoms with van der Waals surface area (Å²) < 4.78 is 11.4. The second-order valence-electron chi connectivity index (χ2n) is 28.9. The van der Waals surface area contributed by atoms with Crippen LogP contribution in [0.5, 0.6) is 0 Å². The number of ether oxygens (including phenoxy) is 2. The highest BCUT2D eigenvalue weighted by molar-refractivity contribution is 5.76. The van der Waals surface area contributed by atoms with Gasteiger partial charge in [0.1, 0.15) is 24.4 Å². The molecule has 0 bridgehead atoms. The van der Waals surface area contributed by atoms with Gasteiger partial charge in [-0.05, 0) is 57.8 Å². The fraction of sp³-hybridized carbons (Fsp3) is 0.893. The molecular weight excluding hydrogens is 1150 g/mol. The fourth-order valence-electron chi connectivity index (χ4n) is 13.5. The number of rotatable bonds is 74. The summed E-state index contributed by atoms with van der Waals surface area (Å²) in [4.78, 5) is 13.2. The SMILES string of the molecule is CCCCCCC/C=C\C/C=C\C/C=C\CCCCCCCCCCCCCCCCCCCCCCCCC(=O)NC(COC1OC(CO)C(O)C(O)C1O)C(O)/C=C/CCCCCCCCCCCCCCCCCCCCCCCCCCCCCCCCC. The number of unbranched alkanes of at least 4 members (excludes halogenated alkanes) is 58. The van der Waals surface area contributed by atoms with Crippen molar-refractivity contribution in [1.82, 2.24) is 5.32 Å². The molecule has 9 nitrogen and oxygen atoms in total. The normalized spacial score (nSPS) is 17.8. The van der Waals surface area contributed by atoms with E-state index in [1.165, 1.54) is 353 Å². The quantitative estimate of drug-likeness (QED) is 0.0261. The minimum absolute atomic E-state index is 0.168. The first-order chi connectivity index (χ1) is 45.8. The molecule has 0 saturated carbocycles. The van der Waals surface area contributed by atoms with Crippen LogP contribution in [0.15, 0.2) is 48.6 Å². The Hall–Kier alpha value is -1.85. The van der Waals surface area contributed by atoms with Gasteiger partial charge in [-0.25, -0.2) is 0 Å². The zero-order chi connectivity index (χ0) is 67.1. The van der Waals surface area contributed by atoms with Gasteiger partial charge in [-0.3, -0.25) is 4.79 Å². The third kappa shape index (κ3) is 61.0. The van der Waals surface area contributed by atoms with E-state index in [1.807, 2.05) is 6.08 Å². The van der Waals surface area contributed by atoms with Crippen molar-refractivity contribution in [2.75, 3.05) is 13.2 Å². The minimum Gasteiger partial charge on any atom is -0.394 e. The summed E-state index contributed by atoms with van der Waals surface area (Å²) in [6.45, 7) is 3.83. The van der Waals surface area contributed by atoms with E-state index in [4.69, 9.17) is 9.47 Å². The highest BCUT2D eigenvalue weighted by atomic mass is 16.7. The van der Waals surface area contributed by atoms with Crippen LogP contribution in [0, 0.1) is 0 Å². The molecule has 548 valence electrons. The van der Waals surface area contributed by atoms with E-state index >= 15 is 0 Å². The first-order valence-electron chi connectivity index (χ1n) is 41.4. The van der Waals surface area contributed by atoms with Gasteiger partial charge in [0.25, 0.3) is 0 Å². The van der Waals surface area contributed by atoms with Gasteiger partial charge in [0, 0.05) is 6.42 Å². The molecule has 0 radical (unpaired) electrons. The van der Waals surface area contributed by atoms with Crippen molar-refractivity contribution in [3.05, 3.63) is 48.6 Å². The number of amides is 1. The Balaban J connectivity index is 2.05. The number of hydrogen-bond donors (Lipinski definition) is 6. The van der Waals surface area contributed by atoms with Crippen LogP contribution >= 0.6 is 0 Å². The predicted octanol–water partition coefficient (Wildman–Crippen LogP) is 23.9. The molecular formula is C84H159NO8. The van der Waals surface area contributed by atoms with Crippen molar-refractivity contribution in [2.45, 2.75) is 468 Å². The van der Waals surface area contributed by atoms with E-state index in [0.29, 0.717) is 6.42 Å². The van der Waals surface area contributed by atoms with Crippen LogP contribution in [0.1, 0.15) is 425 Å². The van der Waals surface area contributed by atoms with Gasteiger partial charge in [-0.1, -0.05) is 409 Å². The number of allylic oxidation sites excluding steroid dienone is 7. The largest absolute Gasteiger partial charge is 0.394 e. The number of nitrogens with one attached hydrogen (secondary N) is 1. The number of carbonyl (C=O) groups is 1. The molecule has 1 aliphatic heterocycles. The summed E-state index contributed by atoms with van der Waals surface area (Å²) in [5, 5.41) is 55.0. The molecule has 1 amide bonds. The average molecular weight is 1310 g/mol. The molecule has 0 aromatic carbocycles. The third-order valence-electron chi connectivity index (χ3n) is 19.9. The maximum absolute atomic E-state index is 13.2. The Morgan fingerprint density at radius 1 is 0.366 bits per heavy atom. The second-order valence-corrected chi connectivity index (χ2v) is 28.9. The molecule has 1 heterocycles. The zero-order valence-corrected chi connectivity index (χ0v) is 61.8. The standard InChI is InChI=1S/C84H159NO8/c1-3-5-7-9-11-13-15-17-19-21-23-25-27-29-31-33-35-37-38-39-40-42-44-46-48-50-52-54-56-58-60-62-64-66-68-70-72-74-80(88)85-77(76-92-84-83(91)82(90)81(89)79(75-86)93-84)78(87)73-71-69-67-65-63-61-59-57-55-53-51-49-47-45-43-41-36-34-32-30-28-26-24-22-20-18-16-14-12-10-8-6-4-2/h15,17,21,23,27,29,71,73,77-79,81-84,86-87,89-91H,3-14,16,18-20,22,24-26,28,30-70,72,74-76H2,1-2H3,(H,85,88)/b17-15-,23-21-,29-27-,73-71+. The van der Waals surface area contributed by atoms with Gasteiger partial charge in [0.15, 0.2) is 6.29 Å². The lowest BCUT2D eigenvalue weighted by Crippen LogP contribution is -2.60. The van der Waals surface area contributed by atoms with Crippen molar-refractivity contribution in [3.63, 3.8) is 0 Å². The molecule has 7 atom stereocenters. The highest BCUT2D eigenvalue weighted by Crippen LogP contribution is 2.24. The monoisotopic (exact) mass is 1310 g/mol. The summed E-state index contributed by atoms with van der Waals surface area (Å²) in [6, 6.07) is -0.807. The van der Waals surface area contributed by atoms with Gasteiger partial charge in [0.05, 0.1) is 25.4 Å². The predicted molar refractivity (Wildman–Crippen MR) is 401 cm³/mol. The van der Waals surface area contributed by atoms with E-state index in [-0.39, 0.29) is 12.5 Å². The maximum Gasteiger partial charge on any atom is 0.220 e. The Morgan fingerprint density at radius 2 is 0.634 bits per heavy atom. The van der Waals surface area contributed by atoms with E-state index < -0.39 is 49.5 Å². The molecule has 0 spiro atoms. The number of hydrogen-bond acceptors (Lipinski definition) is 8. The summed E-state index contributed by atoms with van der Waals surface area (Å²) >= 11 is 0.